The van der Waals surface area contributed by atoms with Crippen molar-refractivity contribution in [3.05, 3.63) is 17.5 Å². The van der Waals surface area contributed by atoms with E-state index in [4.69, 9.17) is 0 Å². The van der Waals surface area contributed by atoms with E-state index in [1.54, 1.807) is 11.4 Å². The maximum Gasteiger partial charge on any atom is 0.250 e. The average Bonchev–Trinajstić information content (AvgIpc) is 2.89. The van der Waals surface area contributed by atoms with Gasteiger partial charge in [0.05, 0.1) is 0 Å². The van der Waals surface area contributed by atoms with Crippen LogP contribution in [0.25, 0.3) is 0 Å². The van der Waals surface area contributed by atoms with Crippen molar-refractivity contribution in [1.82, 2.24) is 10.0 Å². The molecule has 0 saturated carbocycles. The van der Waals surface area contributed by atoms with Crippen molar-refractivity contribution in [3.63, 3.8) is 0 Å². The van der Waals surface area contributed by atoms with Crippen molar-refractivity contribution in [2.24, 2.45) is 5.92 Å². The fraction of sp³-hybridized carbons (Fsp3) is 0.615. The molecule has 2 N–H and O–H groups in total. The molecular formula is C13H22N2O3S2. The zero-order chi connectivity index (χ0) is 15.3. The third-order valence-corrected chi connectivity index (χ3v) is 5.83. The molecule has 0 aliphatic carbocycles. The zero-order valence-electron chi connectivity index (χ0n) is 12.2. The Morgan fingerprint density at radius 3 is 2.45 bits per heavy atom. The summed E-state index contributed by atoms with van der Waals surface area (Å²) in [6, 6.07) is 2.45. The predicted molar refractivity (Wildman–Crippen MR) is 81.2 cm³/mol. The van der Waals surface area contributed by atoms with E-state index in [-0.39, 0.29) is 22.1 Å². The number of hydrogen-bond donors (Lipinski definition) is 2. The molecule has 2 unspecified atom stereocenters. The molecule has 0 aliphatic heterocycles. The lowest BCUT2D eigenvalue weighted by Gasteiger charge is -2.23. The quantitative estimate of drug-likeness (QED) is 0.807. The summed E-state index contributed by atoms with van der Waals surface area (Å²) in [7, 11) is -3.64. The summed E-state index contributed by atoms with van der Waals surface area (Å²) >= 11 is 1.13. The lowest BCUT2D eigenvalue weighted by atomic mass is 10.0. The Labute approximate surface area is 124 Å². The van der Waals surface area contributed by atoms with E-state index in [0.717, 1.165) is 17.8 Å². The molecule has 1 aromatic heterocycles. The molecule has 0 aliphatic rings. The summed E-state index contributed by atoms with van der Waals surface area (Å²) in [5, 5.41) is 4.51. The van der Waals surface area contributed by atoms with Crippen LogP contribution < -0.4 is 10.0 Å². The summed E-state index contributed by atoms with van der Waals surface area (Å²) in [6.45, 7) is 7.49. The zero-order valence-corrected chi connectivity index (χ0v) is 13.8. The molecule has 0 fully saturated rings. The molecule has 1 amide bonds. The summed E-state index contributed by atoms with van der Waals surface area (Å²) < 4.78 is 27.1. The van der Waals surface area contributed by atoms with Crippen molar-refractivity contribution in [2.75, 3.05) is 0 Å². The van der Waals surface area contributed by atoms with Crippen LogP contribution in [0.15, 0.2) is 21.7 Å². The molecule has 0 radical (unpaired) electrons. The third kappa shape index (κ3) is 4.57. The van der Waals surface area contributed by atoms with Gasteiger partial charge in [-0.3, -0.25) is 4.79 Å². The van der Waals surface area contributed by atoms with Gasteiger partial charge >= 0.3 is 0 Å². The van der Waals surface area contributed by atoms with E-state index >= 15 is 0 Å². The van der Waals surface area contributed by atoms with E-state index < -0.39 is 16.1 Å². The highest BCUT2D eigenvalue weighted by Gasteiger charge is 2.29. The van der Waals surface area contributed by atoms with Gasteiger partial charge in [-0.2, -0.15) is 4.72 Å². The number of nitrogens with one attached hydrogen (secondary N) is 2. The summed E-state index contributed by atoms with van der Waals surface area (Å²) in [4.78, 5) is 12.2. The predicted octanol–water partition coefficient (Wildman–Crippen LogP) is 1.97. The Bertz CT molecular complexity index is 524. The molecule has 0 spiro atoms. The molecule has 114 valence electrons. The molecule has 2 atom stereocenters. The second-order valence-electron chi connectivity index (χ2n) is 5.09. The van der Waals surface area contributed by atoms with Crippen LogP contribution in [-0.4, -0.2) is 26.4 Å². The van der Waals surface area contributed by atoms with E-state index in [1.165, 1.54) is 6.07 Å². The number of amides is 1. The highest BCUT2D eigenvalue weighted by atomic mass is 32.2. The molecule has 7 heteroatoms. The smallest absolute Gasteiger partial charge is 0.250 e. The van der Waals surface area contributed by atoms with Gasteiger partial charge in [0.2, 0.25) is 5.91 Å². The Kier molecular flexibility index (Phi) is 6.16. The maximum atomic E-state index is 12.2. The minimum atomic E-state index is -3.64. The lowest BCUT2D eigenvalue weighted by Crippen LogP contribution is -2.51. The van der Waals surface area contributed by atoms with Gasteiger partial charge in [-0.1, -0.05) is 26.8 Å². The number of carbonyl (C=O) groups excluding carboxylic acids is 1. The fourth-order valence-corrected chi connectivity index (χ4v) is 3.92. The van der Waals surface area contributed by atoms with Gasteiger partial charge in [0.15, 0.2) is 0 Å². The number of hydrogen-bond acceptors (Lipinski definition) is 4. The van der Waals surface area contributed by atoms with Crippen LogP contribution in [-0.2, 0) is 14.8 Å². The van der Waals surface area contributed by atoms with Crippen LogP contribution in [0, 0.1) is 5.92 Å². The number of carbonyl (C=O) groups is 1. The van der Waals surface area contributed by atoms with Crippen molar-refractivity contribution in [2.45, 2.75) is 50.4 Å². The van der Waals surface area contributed by atoms with Gasteiger partial charge in [-0.15, -0.1) is 11.3 Å². The molecule has 0 bridgehead atoms. The van der Waals surface area contributed by atoms with Gasteiger partial charge in [-0.25, -0.2) is 8.42 Å². The minimum absolute atomic E-state index is 0.0231. The number of sulfonamides is 1. The fourth-order valence-electron chi connectivity index (χ4n) is 1.57. The maximum absolute atomic E-state index is 12.2. The first-order chi connectivity index (χ1) is 9.27. The summed E-state index contributed by atoms with van der Waals surface area (Å²) in [5.74, 6) is -0.414. The van der Waals surface area contributed by atoms with Crippen molar-refractivity contribution in [3.8, 4) is 0 Å². The Hall–Kier alpha value is -0.920. The average molecular weight is 318 g/mol. The normalized spacial score (nSPS) is 15.1. The first-order valence-corrected chi connectivity index (χ1v) is 9.00. The van der Waals surface area contributed by atoms with Gasteiger partial charge in [0.25, 0.3) is 10.0 Å². The highest BCUT2D eigenvalue weighted by molar-refractivity contribution is 7.91. The van der Waals surface area contributed by atoms with E-state index in [2.05, 4.69) is 10.0 Å². The summed E-state index contributed by atoms with van der Waals surface area (Å²) in [6.07, 6.45) is 0.800. The van der Waals surface area contributed by atoms with E-state index in [1.807, 2.05) is 27.7 Å². The minimum Gasteiger partial charge on any atom is -0.352 e. The van der Waals surface area contributed by atoms with Crippen LogP contribution in [0.5, 0.6) is 0 Å². The monoisotopic (exact) mass is 318 g/mol. The van der Waals surface area contributed by atoms with Gasteiger partial charge < -0.3 is 5.32 Å². The van der Waals surface area contributed by atoms with Crippen LogP contribution >= 0.6 is 11.3 Å². The van der Waals surface area contributed by atoms with Crippen LogP contribution in [0.3, 0.4) is 0 Å². The molecule has 1 heterocycles. The van der Waals surface area contributed by atoms with Crippen molar-refractivity contribution >= 4 is 27.3 Å². The number of thiophene rings is 1. The second-order valence-corrected chi connectivity index (χ2v) is 7.98. The van der Waals surface area contributed by atoms with Crippen LogP contribution in [0.1, 0.15) is 34.1 Å². The van der Waals surface area contributed by atoms with E-state index in [9.17, 15) is 13.2 Å². The Morgan fingerprint density at radius 2 is 2.00 bits per heavy atom. The molecular weight excluding hydrogens is 296 g/mol. The molecule has 1 aromatic rings. The lowest BCUT2D eigenvalue weighted by molar-refractivity contribution is -0.124. The summed E-state index contributed by atoms with van der Waals surface area (Å²) in [5.41, 5.74) is 0. The van der Waals surface area contributed by atoms with Crippen molar-refractivity contribution < 1.29 is 13.2 Å². The highest BCUT2D eigenvalue weighted by Crippen LogP contribution is 2.17. The van der Waals surface area contributed by atoms with Gasteiger partial charge in [0.1, 0.15) is 10.3 Å². The molecule has 5 nitrogen and oxygen atoms in total. The standard InChI is InChI=1S/C13H22N2O3S2/c1-5-10(4)14-13(16)12(9(2)3)15-20(17,18)11-7-6-8-19-11/h6-10,12,15H,5H2,1-4H3,(H,14,16). The molecule has 0 saturated heterocycles. The third-order valence-electron chi connectivity index (χ3n) is 2.99. The van der Waals surface area contributed by atoms with Crippen molar-refractivity contribution in [1.29, 1.82) is 0 Å². The largest absolute Gasteiger partial charge is 0.352 e. The number of rotatable bonds is 7. The SMILES string of the molecule is CCC(C)NC(=O)C(NS(=O)(=O)c1cccs1)C(C)C. The van der Waals surface area contributed by atoms with Crippen LogP contribution in [0.2, 0.25) is 0 Å². The Morgan fingerprint density at radius 1 is 1.35 bits per heavy atom. The molecule has 20 heavy (non-hydrogen) atoms. The first-order valence-electron chi connectivity index (χ1n) is 6.64. The van der Waals surface area contributed by atoms with Gasteiger partial charge in [0, 0.05) is 6.04 Å². The van der Waals surface area contributed by atoms with Gasteiger partial charge in [-0.05, 0) is 30.7 Å². The topological polar surface area (TPSA) is 75.3 Å². The first kappa shape index (κ1) is 17.1. The Balaban J connectivity index is 2.86. The van der Waals surface area contributed by atoms with E-state index in [0.29, 0.717) is 0 Å². The molecule has 0 aromatic carbocycles. The molecule has 1 rings (SSSR count). The second kappa shape index (κ2) is 7.19. The van der Waals surface area contributed by atoms with Crippen LogP contribution in [0.4, 0.5) is 0 Å².